The molecule has 118 valence electrons. The van der Waals surface area contributed by atoms with Crippen molar-refractivity contribution in [2.45, 2.75) is 51.1 Å². The number of amides is 1. The third kappa shape index (κ3) is 4.11. The van der Waals surface area contributed by atoms with Gasteiger partial charge in [0.25, 0.3) is 5.91 Å². The Morgan fingerprint density at radius 3 is 2.82 bits per heavy atom. The van der Waals surface area contributed by atoms with Gasteiger partial charge in [0.1, 0.15) is 0 Å². The summed E-state index contributed by atoms with van der Waals surface area (Å²) >= 11 is 7.35. The number of halogens is 1. The largest absolute Gasteiger partial charge is 0.349 e. The molecule has 0 aromatic carbocycles. The molecule has 0 saturated heterocycles. The van der Waals surface area contributed by atoms with E-state index in [2.05, 4.69) is 10.4 Å². The van der Waals surface area contributed by atoms with E-state index in [4.69, 9.17) is 11.6 Å². The number of nitrogens with one attached hydrogen (secondary N) is 1. The second-order valence-corrected chi connectivity index (χ2v) is 7.18. The first-order valence-electron chi connectivity index (χ1n) is 7.77. The predicted molar refractivity (Wildman–Crippen MR) is 89.6 cm³/mol. The molecule has 3 rings (SSSR count). The first kappa shape index (κ1) is 15.6. The molecule has 0 spiro atoms. The van der Waals surface area contributed by atoms with Crippen molar-refractivity contribution < 1.29 is 4.79 Å². The summed E-state index contributed by atoms with van der Waals surface area (Å²) in [7, 11) is 0. The number of rotatable bonds is 4. The molecule has 0 aliphatic heterocycles. The molecule has 2 heterocycles. The lowest BCUT2D eigenvalue weighted by molar-refractivity contribution is 0.0937. The topological polar surface area (TPSA) is 46.9 Å². The third-order valence-corrected chi connectivity index (χ3v) is 5.19. The van der Waals surface area contributed by atoms with Crippen LogP contribution in [0.25, 0.3) is 0 Å². The van der Waals surface area contributed by atoms with Crippen LogP contribution in [0.3, 0.4) is 0 Å². The normalized spacial score (nSPS) is 16.4. The summed E-state index contributed by atoms with van der Waals surface area (Å²) in [6.45, 7) is 0.639. The van der Waals surface area contributed by atoms with Crippen LogP contribution in [-0.2, 0) is 6.54 Å². The fraction of sp³-hybridized carbons (Fsp3) is 0.500. The summed E-state index contributed by atoms with van der Waals surface area (Å²) < 4.78 is 1.78. The van der Waals surface area contributed by atoms with Gasteiger partial charge >= 0.3 is 0 Å². The number of thiophene rings is 1. The third-order valence-electron chi connectivity index (χ3n) is 4.01. The van der Waals surface area contributed by atoms with Gasteiger partial charge in [-0.2, -0.15) is 5.10 Å². The number of carbonyl (C=O) groups excluding carboxylic acids is 1. The fourth-order valence-electron chi connectivity index (χ4n) is 2.87. The number of hydrogen-bond donors (Lipinski definition) is 1. The molecule has 1 fully saturated rings. The van der Waals surface area contributed by atoms with Crippen molar-refractivity contribution in [2.24, 2.45) is 0 Å². The number of nitrogens with zero attached hydrogens (tertiary/aromatic N) is 2. The Morgan fingerprint density at radius 2 is 2.14 bits per heavy atom. The molecule has 0 bridgehead atoms. The highest BCUT2D eigenvalue weighted by Gasteiger charge is 2.17. The molecular weight excluding hydrogens is 318 g/mol. The molecule has 0 radical (unpaired) electrons. The van der Waals surface area contributed by atoms with Crippen LogP contribution in [0.15, 0.2) is 23.8 Å². The molecule has 1 aliphatic rings. The number of aromatic nitrogens is 2. The molecule has 1 N–H and O–H groups in total. The second-order valence-electron chi connectivity index (χ2n) is 5.84. The zero-order valence-corrected chi connectivity index (χ0v) is 14.0. The van der Waals surface area contributed by atoms with E-state index in [1.165, 1.54) is 37.0 Å². The Labute approximate surface area is 139 Å². The van der Waals surface area contributed by atoms with Gasteiger partial charge in [-0.1, -0.05) is 37.3 Å². The van der Waals surface area contributed by atoms with Crippen molar-refractivity contribution in [3.63, 3.8) is 0 Å². The van der Waals surface area contributed by atoms with Crippen LogP contribution in [0.4, 0.5) is 0 Å². The fourth-order valence-corrected chi connectivity index (χ4v) is 3.83. The van der Waals surface area contributed by atoms with E-state index in [1.807, 2.05) is 11.4 Å². The van der Waals surface area contributed by atoms with Gasteiger partial charge < -0.3 is 5.32 Å². The molecule has 6 heteroatoms. The first-order valence-corrected chi connectivity index (χ1v) is 9.03. The highest BCUT2D eigenvalue weighted by atomic mass is 35.5. The van der Waals surface area contributed by atoms with E-state index in [0.717, 1.165) is 23.3 Å². The molecule has 4 nitrogen and oxygen atoms in total. The zero-order chi connectivity index (χ0) is 15.4. The maximum Gasteiger partial charge on any atom is 0.261 e. The monoisotopic (exact) mass is 337 g/mol. The van der Waals surface area contributed by atoms with Crippen LogP contribution in [0.2, 0.25) is 5.02 Å². The molecule has 0 unspecified atom stereocenters. The maximum atomic E-state index is 12.4. The van der Waals surface area contributed by atoms with Crippen LogP contribution >= 0.6 is 22.9 Å². The minimum Gasteiger partial charge on any atom is -0.349 e. The summed E-state index contributed by atoms with van der Waals surface area (Å²) in [5.74, 6) is 0.0571. The summed E-state index contributed by atoms with van der Waals surface area (Å²) in [6, 6.07) is 2.29. The molecule has 1 amide bonds. The Balaban J connectivity index is 1.58. The highest BCUT2D eigenvalue weighted by molar-refractivity contribution is 7.12. The molecular formula is C16H20ClN3OS. The highest BCUT2D eigenvalue weighted by Crippen LogP contribution is 2.20. The van der Waals surface area contributed by atoms with E-state index in [-0.39, 0.29) is 5.91 Å². The smallest absolute Gasteiger partial charge is 0.261 e. The molecule has 1 saturated carbocycles. The Hall–Kier alpha value is -1.33. The predicted octanol–water partition coefficient (Wildman–Crippen LogP) is 4.10. The summed E-state index contributed by atoms with van der Waals surface area (Å²) in [5, 5.41) is 9.98. The van der Waals surface area contributed by atoms with Crippen LogP contribution in [0, 0.1) is 0 Å². The Kier molecular flexibility index (Phi) is 5.16. The minimum absolute atomic E-state index is 0.0571. The molecule has 1 aliphatic carbocycles. The maximum absolute atomic E-state index is 12.4. The molecule has 0 atom stereocenters. The molecule has 2 aromatic heterocycles. The summed E-state index contributed by atoms with van der Waals surface area (Å²) in [5.41, 5.74) is 1.08. The summed E-state index contributed by atoms with van der Waals surface area (Å²) in [6.07, 6.45) is 10.6. The van der Waals surface area contributed by atoms with Crippen molar-refractivity contribution >= 4 is 28.8 Å². The van der Waals surface area contributed by atoms with Gasteiger partial charge in [0.2, 0.25) is 0 Å². The zero-order valence-electron chi connectivity index (χ0n) is 12.4. The van der Waals surface area contributed by atoms with Crippen LogP contribution in [-0.4, -0.2) is 21.7 Å². The molecule has 22 heavy (non-hydrogen) atoms. The molecule has 2 aromatic rings. The number of carbonyl (C=O) groups is 1. The lowest BCUT2D eigenvalue weighted by atomic mass is 10.1. The van der Waals surface area contributed by atoms with E-state index in [0.29, 0.717) is 17.6 Å². The van der Waals surface area contributed by atoms with Crippen LogP contribution in [0.5, 0.6) is 0 Å². The van der Waals surface area contributed by atoms with Crippen LogP contribution < -0.4 is 5.32 Å². The minimum atomic E-state index is 0.0571. The second kappa shape index (κ2) is 7.29. The van der Waals surface area contributed by atoms with E-state index >= 15 is 0 Å². The van der Waals surface area contributed by atoms with Crippen molar-refractivity contribution in [3.05, 3.63) is 39.3 Å². The lowest BCUT2D eigenvalue weighted by Crippen LogP contribution is -2.33. The van der Waals surface area contributed by atoms with Gasteiger partial charge in [0.05, 0.1) is 22.6 Å². The lowest BCUT2D eigenvalue weighted by Gasteiger charge is -2.15. The van der Waals surface area contributed by atoms with Crippen molar-refractivity contribution in [2.75, 3.05) is 0 Å². The quantitative estimate of drug-likeness (QED) is 0.854. The van der Waals surface area contributed by atoms with Crippen molar-refractivity contribution in [3.8, 4) is 0 Å². The van der Waals surface area contributed by atoms with E-state index < -0.39 is 0 Å². The SMILES string of the molecule is O=C(NC1CCCCCC1)c1cc(Cn2cc(Cl)cn2)cs1. The van der Waals surface area contributed by atoms with E-state index in [9.17, 15) is 4.79 Å². The van der Waals surface area contributed by atoms with Gasteiger partial charge in [-0.3, -0.25) is 9.48 Å². The van der Waals surface area contributed by atoms with Crippen molar-refractivity contribution in [1.29, 1.82) is 0 Å². The average molecular weight is 338 g/mol. The standard InChI is InChI=1S/C16H20ClN3OS/c17-13-8-18-20(10-13)9-12-7-15(22-11-12)16(21)19-14-5-3-1-2-4-6-14/h7-8,10-11,14H,1-6,9H2,(H,19,21). The van der Waals surface area contributed by atoms with Gasteiger partial charge in [-0.25, -0.2) is 0 Å². The van der Waals surface area contributed by atoms with Gasteiger partial charge in [0.15, 0.2) is 0 Å². The van der Waals surface area contributed by atoms with E-state index in [1.54, 1.807) is 17.1 Å². The summed E-state index contributed by atoms with van der Waals surface area (Å²) in [4.78, 5) is 13.1. The first-order chi connectivity index (χ1) is 10.7. The average Bonchev–Trinajstić information content (AvgIpc) is 3.04. The van der Waals surface area contributed by atoms with Gasteiger partial charge in [-0.15, -0.1) is 11.3 Å². The Bertz CT molecular complexity index is 629. The van der Waals surface area contributed by atoms with Crippen LogP contribution in [0.1, 0.15) is 53.8 Å². The number of hydrogen-bond acceptors (Lipinski definition) is 3. The Morgan fingerprint density at radius 1 is 1.36 bits per heavy atom. The van der Waals surface area contributed by atoms with Gasteiger partial charge in [-0.05, 0) is 29.9 Å². The van der Waals surface area contributed by atoms with Crippen molar-refractivity contribution in [1.82, 2.24) is 15.1 Å². The van der Waals surface area contributed by atoms with Gasteiger partial charge in [0, 0.05) is 12.2 Å².